The van der Waals surface area contributed by atoms with E-state index < -0.39 is 6.10 Å². The second-order valence-corrected chi connectivity index (χ2v) is 8.68. The van der Waals surface area contributed by atoms with Crippen LogP contribution >= 0.6 is 0 Å². The lowest BCUT2D eigenvalue weighted by Gasteiger charge is -2.26. The van der Waals surface area contributed by atoms with Gasteiger partial charge >= 0.3 is 0 Å². The van der Waals surface area contributed by atoms with Gasteiger partial charge < -0.3 is 19.3 Å². The lowest BCUT2D eigenvalue weighted by atomic mass is 9.78. The van der Waals surface area contributed by atoms with E-state index in [2.05, 4.69) is 45.0 Å². The number of hydrogen-bond donors (Lipinski definition) is 1. The van der Waals surface area contributed by atoms with Crippen molar-refractivity contribution in [2.45, 2.75) is 39.2 Å². The Balaban J connectivity index is 1.57. The Labute approximate surface area is 195 Å². The molecule has 3 aromatic rings. The SMILES string of the molecule is COc1cccc(OCC(O)COc2ccc(C(C)(C)c3ccc(C)cc3)cc2)c1C(C)=O. The highest BCUT2D eigenvalue weighted by atomic mass is 16.5. The summed E-state index contributed by atoms with van der Waals surface area (Å²) in [5.41, 5.74) is 3.89. The Morgan fingerprint density at radius 1 is 0.879 bits per heavy atom. The molecule has 0 aliphatic heterocycles. The predicted molar refractivity (Wildman–Crippen MR) is 130 cm³/mol. The van der Waals surface area contributed by atoms with Crippen LogP contribution in [0.15, 0.2) is 66.7 Å². The Bertz CT molecular complexity index is 1070. The largest absolute Gasteiger partial charge is 0.496 e. The minimum absolute atomic E-state index is 0.00795. The van der Waals surface area contributed by atoms with Crippen molar-refractivity contribution in [3.05, 3.63) is 89.0 Å². The van der Waals surface area contributed by atoms with E-state index in [9.17, 15) is 9.90 Å². The van der Waals surface area contributed by atoms with Crippen molar-refractivity contribution < 1.29 is 24.1 Å². The van der Waals surface area contributed by atoms with Gasteiger partial charge in [-0.3, -0.25) is 4.79 Å². The summed E-state index contributed by atoms with van der Waals surface area (Å²) in [6.45, 7) is 7.99. The highest BCUT2D eigenvalue weighted by Gasteiger charge is 2.23. The van der Waals surface area contributed by atoms with Crippen LogP contribution in [-0.4, -0.2) is 37.3 Å². The molecule has 1 atom stereocenters. The Kier molecular flexibility index (Phi) is 7.77. The van der Waals surface area contributed by atoms with Crippen molar-refractivity contribution in [3.63, 3.8) is 0 Å². The Hall–Kier alpha value is -3.31. The van der Waals surface area contributed by atoms with Gasteiger partial charge in [-0.25, -0.2) is 0 Å². The van der Waals surface area contributed by atoms with Crippen molar-refractivity contribution in [1.29, 1.82) is 0 Å². The molecule has 0 fully saturated rings. The van der Waals surface area contributed by atoms with Gasteiger partial charge in [0.15, 0.2) is 5.78 Å². The summed E-state index contributed by atoms with van der Waals surface area (Å²) in [6, 6.07) is 21.6. The van der Waals surface area contributed by atoms with Crippen LogP contribution in [0.2, 0.25) is 0 Å². The molecule has 0 radical (unpaired) electrons. The van der Waals surface area contributed by atoms with Crippen LogP contribution in [0.1, 0.15) is 47.8 Å². The van der Waals surface area contributed by atoms with E-state index >= 15 is 0 Å². The lowest BCUT2D eigenvalue weighted by molar-refractivity contribution is 0.0619. The molecular weight excluding hydrogens is 416 g/mol. The number of aryl methyl sites for hydroxylation is 1. The van der Waals surface area contributed by atoms with E-state index in [1.165, 1.54) is 30.7 Å². The molecule has 0 heterocycles. The zero-order valence-electron chi connectivity index (χ0n) is 19.9. The van der Waals surface area contributed by atoms with Crippen molar-refractivity contribution in [1.82, 2.24) is 0 Å². The summed E-state index contributed by atoms with van der Waals surface area (Å²) in [5, 5.41) is 10.3. The van der Waals surface area contributed by atoms with Gasteiger partial charge in [0.2, 0.25) is 0 Å². The van der Waals surface area contributed by atoms with Crippen molar-refractivity contribution >= 4 is 5.78 Å². The van der Waals surface area contributed by atoms with Crippen molar-refractivity contribution in [3.8, 4) is 17.2 Å². The maximum absolute atomic E-state index is 12.0. The zero-order chi connectivity index (χ0) is 24.0. The predicted octanol–water partition coefficient (Wildman–Crippen LogP) is 5.35. The number of rotatable bonds is 10. The fourth-order valence-corrected chi connectivity index (χ4v) is 3.68. The van der Waals surface area contributed by atoms with E-state index in [1.54, 1.807) is 18.2 Å². The van der Waals surface area contributed by atoms with E-state index in [1.807, 2.05) is 24.3 Å². The summed E-state index contributed by atoms with van der Waals surface area (Å²) >= 11 is 0. The number of ketones is 1. The van der Waals surface area contributed by atoms with E-state index in [-0.39, 0.29) is 24.4 Å². The molecule has 3 rings (SSSR count). The summed E-state index contributed by atoms with van der Waals surface area (Å²) in [4.78, 5) is 12.0. The average molecular weight is 449 g/mol. The monoisotopic (exact) mass is 448 g/mol. The fourth-order valence-electron chi connectivity index (χ4n) is 3.68. The first kappa shape index (κ1) is 24.3. The second kappa shape index (κ2) is 10.5. The Morgan fingerprint density at radius 2 is 1.42 bits per heavy atom. The lowest BCUT2D eigenvalue weighted by Crippen LogP contribution is -2.25. The minimum atomic E-state index is -0.861. The highest BCUT2D eigenvalue weighted by Crippen LogP contribution is 2.33. The summed E-state index contributed by atoms with van der Waals surface area (Å²) in [7, 11) is 1.50. The van der Waals surface area contributed by atoms with Gasteiger partial charge in [0.05, 0.1) is 7.11 Å². The fraction of sp³-hybridized carbons (Fsp3) is 0.321. The molecule has 1 unspecified atom stereocenters. The van der Waals surface area contributed by atoms with Gasteiger partial charge in [-0.05, 0) is 49.2 Å². The maximum Gasteiger partial charge on any atom is 0.167 e. The molecule has 33 heavy (non-hydrogen) atoms. The first-order chi connectivity index (χ1) is 15.7. The third-order valence-electron chi connectivity index (χ3n) is 5.78. The molecule has 3 aromatic carbocycles. The number of carbonyl (C=O) groups is 1. The molecule has 5 nitrogen and oxygen atoms in total. The number of methoxy groups -OCH3 is 1. The molecule has 0 aliphatic rings. The molecule has 0 bridgehead atoms. The van der Waals surface area contributed by atoms with Gasteiger partial charge in [-0.15, -0.1) is 0 Å². The van der Waals surface area contributed by atoms with E-state index in [0.717, 1.165) is 0 Å². The maximum atomic E-state index is 12.0. The summed E-state index contributed by atoms with van der Waals surface area (Å²) in [6.07, 6.45) is -0.861. The Morgan fingerprint density at radius 3 is 2.00 bits per heavy atom. The molecule has 1 N–H and O–H groups in total. The molecule has 5 heteroatoms. The zero-order valence-corrected chi connectivity index (χ0v) is 19.9. The highest BCUT2D eigenvalue weighted by molar-refractivity contribution is 5.99. The molecule has 0 saturated heterocycles. The number of aliphatic hydroxyl groups is 1. The smallest absolute Gasteiger partial charge is 0.167 e. The molecular formula is C28H32O5. The van der Waals surface area contributed by atoms with Gasteiger partial charge in [-0.1, -0.05) is 61.9 Å². The first-order valence-corrected chi connectivity index (χ1v) is 11.0. The second-order valence-electron chi connectivity index (χ2n) is 8.68. The number of Topliss-reactive ketones (excluding diaryl/α,β-unsaturated/α-hetero) is 1. The topological polar surface area (TPSA) is 65.0 Å². The molecule has 0 spiro atoms. The molecule has 0 saturated carbocycles. The number of benzene rings is 3. The van der Waals surface area contributed by atoms with Crippen LogP contribution in [-0.2, 0) is 5.41 Å². The van der Waals surface area contributed by atoms with Gasteiger partial charge in [0, 0.05) is 5.41 Å². The van der Waals surface area contributed by atoms with Gasteiger partial charge in [0.1, 0.15) is 42.1 Å². The number of ether oxygens (including phenoxy) is 3. The van der Waals surface area contributed by atoms with Crippen molar-refractivity contribution in [2.75, 3.05) is 20.3 Å². The molecule has 0 aliphatic carbocycles. The van der Waals surface area contributed by atoms with Crippen LogP contribution in [0.5, 0.6) is 17.2 Å². The molecule has 0 amide bonds. The third-order valence-corrected chi connectivity index (χ3v) is 5.78. The molecule has 0 aromatic heterocycles. The van der Waals surface area contributed by atoms with Gasteiger partial charge in [-0.2, -0.15) is 0 Å². The summed E-state index contributed by atoms with van der Waals surface area (Å²) in [5.74, 6) is 1.33. The first-order valence-electron chi connectivity index (χ1n) is 11.0. The van der Waals surface area contributed by atoms with Crippen LogP contribution in [0.25, 0.3) is 0 Å². The van der Waals surface area contributed by atoms with Crippen LogP contribution < -0.4 is 14.2 Å². The van der Waals surface area contributed by atoms with E-state index in [4.69, 9.17) is 14.2 Å². The van der Waals surface area contributed by atoms with E-state index in [0.29, 0.717) is 22.8 Å². The normalized spacial score (nSPS) is 12.2. The van der Waals surface area contributed by atoms with Crippen molar-refractivity contribution in [2.24, 2.45) is 0 Å². The van der Waals surface area contributed by atoms with Crippen LogP contribution in [0, 0.1) is 6.92 Å². The van der Waals surface area contributed by atoms with Crippen LogP contribution in [0.3, 0.4) is 0 Å². The van der Waals surface area contributed by atoms with Crippen LogP contribution in [0.4, 0.5) is 0 Å². The average Bonchev–Trinajstić information content (AvgIpc) is 2.81. The quantitative estimate of drug-likeness (QED) is 0.424. The number of hydrogen-bond acceptors (Lipinski definition) is 5. The standard InChI is InChI=1S/C28H32O5/c1-19-9-11-21(12-10-19)28(3,4)22-13-15-24(16-14-22)32-17-23(30)18-33-26-8-6-7-25(31-5)27(26)20(2)29/h6-16,23,30H,17-18H2,1-5H3. The van der Waals surface area contributed by atoms with Gasteiger partial charge in [0.25, 0.3) is 0 Å². The third kappa shape index (κ3) is 5.93. The number of carbonyl (C=O) groups excluding carboxylic acids is 1. The number of aliphatic hydroxyl groups excluding tert-OH is 1. The summed E-state index contributed by atoms with van der Waals surface area (Å²) < 4.78 is 16.7. The molecule has 174 valence electrons. The minimum Gasteiger partial charge on any atom is -0.496 e.